The van der Waals surface area contributed by atoms with Crippen LogP contribution in [-0.2, 0) is 12.0 Å². The van der Waals surface area contributed by atoms with Gasteiger partial charge in [0.2, 0.25) is 0 Å². The van der Waals surface area contributed by atoms with Gasteiger partial charge in [0.25, 0.3) is 0 Å². The van der Waals surface area contributed by atoms with E-state index in [1.165, 1.54) is 0 Å². The summed E-state index contributed by atoms with van der Waals surface area (Å²) in [5.41, 5.74) is 2.18. The van der Waals surface area contributed by atoms with E-state index in [9.17, 15) is 0 Å². The van der Waals surface area contributed by atoms with Gasteiger partial charge >= 0.3 is 0 Å². The molecule has 6 heteroatoms. The van der Waals surface area contributed by atoms with Crippen LogP contribution in [0.2, 0.25) is 0 Å². The predicted octanol–water partition coefficient (Wildman–Crippen LogP) is 2.08. The van der Waals surface area contributed by atoms with E-state index in [1.54, 1.807) is 12.5 Å². The van der Waals surface area contributed by atoms with Crippen molar-refractivity contribution in [3.63, 3.8) is 0 Å². The second-order valence-corrected chi connectivity index (χ2v) is 7.03. The van der Waals surface area contributed by atoms with Crippen LogP contribution in [0.1, 0.15) is 32.0 Å². The number of hydrogen-bond acceptors (Lipinski definition) is 6. The zero-order valence-electron chi connectivity index (χ0n) is 13.7. The van der Waals surface area contributed by atoms with E-state index in [2.05, 4.69) is 65.1 Å². The third-order valence-electron chi connectivity index (χ3n) is 4.14. The lowest BCUT2D eigenvalue weighted by Gasteiger charge is -2.44. The molecule has 3 heterocycles. The maximum Gasteiger partial charge on any atom is 0.151 e. The topological polar surface area (TPSA) is 58.3 Å². The minimum atomic E-state index is 0.0435. The molecule has 2 aromatic heterocycles. The Morgan fingerprint density at radius 2 is 2.05 bits per heavy atom. The van der Waals surface area contributed by atoms with Gasteiger partial charge in [-0.05, 0) is 19.2 Å². The molecule has 0 saturated carbocycles. The molecular formula is C16H23N5O. The largest absolute Gasteiger partial charge is 0.364 e. The number of aromatic nitrogens is 3. The van der Waals surface area contributed by atoms with Crippen LogP contribution < -0.4 is 4.90 Å². The molecule has 0 radical (unpaired) electrons. The zero-order chi connectivity index (χ0) is 15.7. The van der Waals surface area contributed by atoms with Gasteiger partial charge in [-0.3, -0.25) is 4.90 Å². The van der Waals surface area contributed by atoms with Crippen LogP contribution in [0.5, 0.6) is 0 Å². The maximum absolute atomic E-state index is 4.87. The molecule has 0 amide bonds. The molecule has 118 valence electrons. The summed E-state index contributed by atoms with van der Waals surface area (Å²) < 4.78 is 4.87. The van der Waals surface area contributed by atoms with E-state index >= 15 is 0 Å². The third-order valence-corrected chi connectivity index (χ3v) is 4.14. The third kappa shape index (κ3) is 3.11. The lowest BCUT2D eigenvalue weighted by Crippen LogP contribution is -2.58. The van der Waals surface area contributed by atoms with Gasteiger partial charge in [-0.2, -0.15) is 5.10 Å². The fourth-order valence-corrected chi connectivity index (χ4v) is 2.54. The lowest BCUT2D eigenvalue weighted by atomic mass is 9.92. The van der Waals surface area contributed by atoms with Crippen molar-refractivity contribution in [1.29, 1.82) is 0 Å². The van der Waals surface area contributed by atoms with E-state index in [0.717, 1.165) is 36.7 Å². The molecule has 0 atom stereocenters. The molecule has 1 aliphatic heterocycles. The molecule has 1 saturated heterocycles. The smallest absolute Gasteiger partial charge is 0.151 e. The summed E-state index contributed by atoms with van der Waals surface area (Å²) in [5, 5.41) is 12.5. The number of nitrogens with zero attached hydrogens (tertiary/aromatic N) is 5. The first-order valence-corrected chi connectivity index (χ1v) is 7.61. The van der Waals surface area contributed by atoms with Gasteiger partial charge < -0.3 is 9.42 Å². The Bertz CT molecular complexity index is 596. The molecule has 22 heavy (non-hydrogen) atoms. The summed E-state index contributed by atoms with van der Waals surface area (Å²) in [7, 11) is 2.13. The molecule has 0 N–H and O–H groups in total. The van der Waals surface area contributed by atoms with Gasteiger partial charge in [-0.15, -0.1) is 5.10 Å². The van der Waals surface area contributed by atoms with Gasteiger partial charge in [0.15, 0.2) is 5.82 Å². The SMILES string of the molecule is CN(Cc1cnoc1)C1CN(c2ccc(C(C)(C)C)nn2)C1. The Morgan fingerprint density at radius 1 is 1.27 bits per heavy atom. The highest BCUT2D eigenvalue weighted by Crippen LogP contribution is 2.24. The van der Waals surface area contributed by atoms with Crippen molar-refractivity contribution in [3.8, 4) is 0 Å². The van der Waals surface area contributed by atoms with Crippen LogP contribution in [-0.4, -0.2) is 46.4 Å². The summed E-state index contributed by atoms with van der Waals surface area (Å²) >= 11 is 0. The zero-order valence-corrected chi connectivity index (χ0v) is 13.7. The summed E-state index contributed by atoms with van der Waals surface area (Å²) in [6.45, 7) is 9.26. The molecule has 6 nitrogen and oxygen atoms in total. The molecule has 3 rings (SSSR count). The second-order valence-electron chi connectivity index (χ2n) is 7.03. The van der Waals surface area contributed by atoms with E-state index in [1.807, 2.05) is 0 Å². The molecule has 0 unspecified atom stereocenters. The fourth-order valence-electron chi connectivity index (χ4n) is 2.54. The first kappa shape index (κ1) is 15.0. The first-order chi connectivity index (χ1) is 10.4. The highest BCUT2D eigenvalue weighted by molar-refractivity contribution is 5.42. The predicted molar refractivity (Wildman–Crippen MR) is 84.7 cm³/mol. The number of likely N-dealkylation sites (N-methyl/N-ethyl adjacent to an activating group) is 1. The molecule has 2 aromatic rings. The van der Waals surface area contributed by atoms with Crippen LogP contribution in [0.25, 0.3) is 0 Å². The second kappa shape index (κ2) is 5.68. The van der Waals surface area contributed by atoms with Gasteiger partial charge in [-0.25, -0.2) is 0 Å². The van der Waals surface area contributed by atoms with Crippen LogP contribution in [0, 0.1) is 0 Å². The quantitative estimate of drug-likeness (QED) is 0.862. The summed E-state index contributed by atoms with van der Waals surface area (Å²) in [6, 6.07) is 4.68. The Kier molecular flexibility index (Phi) is 3.87. The molecule has 1 aliphatic rings. The maximum atomic E-state index is 4.87. The molecule has 0 aliphatic carbocycles. The van der Waals surface area contributed by atoms with Gasteiger partial charge in [0, 0.05) is 36.7 Å². The Morgan fingerprint density at radius 3 is 2.59 bits per heavy atom. The summed E-state index contributed by atoms with van der Waals surface area (Å²) in [5.74, 6) is 0.961. The summed E-state index contributed by atoms with van der Waals surface area (Å²) in [6.07, 6.45) is 3.47. The van der Waals surface area contributed by atoms with Crippen molar-refractivity contribution in [2.75, 3.05) is 25.0 Å². The van der Waals surface area contributed by atoms with Crippen molar-refractivity contribution in [2.45, 2.75) is 38.8 Å². The Balaban J connectivity index is 1.54. The monoisotopic (exact) mass is 301 g/mol. The van der Waals surface area contributed by atoms with E-state index in [0.29, 0.717) is 6.04 Å². The lowest BCUT2D eigenvalue weighted by molar-refractivity contribution is 0.196. The van der Waals surface area contributed by atoms with Crippen molar-refractivity contribution < 1.29 is 4.52 Å². The van der Waals surface area contributed by atoms with Crippen molar-refractivity contribution in [3.05, 3.63) is 35.9 Å². The molecule has 1 fully saturated rings. The van der Waals surface area contributed by atoms with Gasteiger partial charge in [0.1, 0.15) is 6.26 Å². The van der Waals surface area contributed by atoms with Crippen LogP contribution in [0.15, 0.2) is 29.1 Å². The van der Waals surface area contributed by atoms with E-state index in [-0.39, 0.29) is 5.41 Å². The molecule has 0 spiro atoms. The number of hydrogen-bond donors (Lipinski definition) is 0. The van der Waals surface area contributed by atoms with Gasteiger partial charge in [-0.1, -0.05) is 25.9 Å². The molecule has 0 aromatic carbocycles. The van der Waals surface area contributed by atoms with Crippen LogP contribution >= 0.6 is 0 Å². The first-order valence-electron chi connectivity index (χ1n) is 7.61. The van der Waals surface area contributed by atoms with Crippen LogP contribution in [0.3, 0.4) is 0 Å². The van der Waals surface area contributed by atoms with Crippen LogP contribution in [0.4, 0.5) is 5.82 Å². The number of rotatable bonds is 4. The minimum absolute atomic E-state index is 0.0435. The van der Waals surface area contributed by atoms with Gasteiger partial charge in [0.05, 0.1) is 11.9 Å². The minimum Gasteiger partial charge on any atom is -0.364 e. The normalized spacial score (nSPS) is 16.1. The average molecular weight is 301 g/mol. The van der Waals surface area contributed by atoms with Crippen molar-refractivity contribution in [1.82, 2.24) is 20.3 Å². The molecule has 0 bridgehead atoms. The standard InChI is InChI=1S/C16H23N5O/c1-16(2,3)14-5-6-15(19-18-14)21-9-13(10-21)20(4)8-12-7-17-22-11-12/h5-7,11,13H,8-10H2,1-4H3. The number of anilines is 1. The average Bonchev–Trinajstić information content (AvgIpc) is 2.89. The highest BCUT2D eigenvalue weighted by Gasteiger charge is 2.31. The van der Waals surface area contributed by atoms with E-state index < -0.39 is 0 Å². The van der Waals surface area contributed by atoms with Crippen molar-refractivity contribution >= 4 is 5.82 Å². The Labute approximate surface area is 131 Å². The van der Waals surface area contributed by atoms with Crippen molar-refractivity contribution in [2.24, 2.45) is 0 Å². The fraction of sp³-hybridized carbons (Fsp3) is 0.562. The summed E-state index contributed by atoms with van der Waals surface area (Å²) in [4.78, 5) is 4.58. The molecular weight excluding hydrogens is 278 g/mol. The Hall–Kier alpha value is -1.95. The van der Waals surface area contributed by atoms with E-state index in [4.69, 9.17) is 4.52 Å². The highest BCUT2D eigenvalue weighted by atomic mass is 16.5.